The van der Waals surface area contributed by atoms with E-state index in [-0.39, 0.29) is 12.8 Å². The van der Waals surface area contributed by atoms with E-state index in [2.05, 4.69) is 6.92 Å². The Labute approximate surface area is 119 Å². The smallest absolute Gasteiger partial charge is 0.303 e. The first-order valence-electron chi connectivity index (χ1n) is 9.61. The van der Waals surface area contributed by atoms with Gasteiger partial charge in [-0.2, -0.15) is 0 Å². The van der Waals surface area contributed by atoms with Crippen LogP contribution in [0.15, 0.2) is 0 Å². The zero-order chi connectivity index (χ0) is 17.0. The Morgan fingerprint density at radius 1 is 0.833 bits per heavy atom. The summed E-state index contributed by atoms with van der Waals surface area (Å²) < 4.78 is 31.5. The number of carboxylic acids is 1. The van der Waals surface area contributed by atoms with Crippen LogP contribution in [0.1, 0.15) is 102 Å². The molecule has 0 saturated carbocycles. The SMILES string of the molecule is [2H]C(CCC(=O)O)C([2H])[C@H]([2H])[C@H]([2H])CCCCCCCCC. The maximum absolute atomic E-state index is 10.5. The van der Waals surface area contributed by atoms with Crippen molar-refractivity contribution in [3.8, 4) is 0 Å². The minimum atomic E-state index is -0.994. The third-order valence-corrected chi connectivity index (χ3v) is 2.88. The first kappa shape index (κ1) is 11.3. The van der Waals surface area contributed by atoms with Gasteiger partial charge in [-0.05, 0) is 6.42 Å². The summed E-state index contributed by atoms with van der Waals surface area (Å²) in [6.45, 7) is 2.19. The van der Waals surface area contributed by atoms with E-state index >= 15 is 0 Å². The topological polar surface area (TPSA) is 37.3 Å². The molecular weight excluding hydrogens is 224 g/mol. The number of hydrogen-bond donors (Lipinski definition) is 1. The molecule has 0 spiro atoms. The van der Waals surface area contributed by atoms with Crippen molar-refractivity contribution in [3.63, 3.8) is 0 Å². The van der Waals surface area contributed by atoms with Gasteiger partial charge in [0.05, 0.1) is 0 Å². The largest absolute Gasteiger partial charge is 0.481 e. The molecule has 4 atom stereocenters. The van der Waals surface area contributed by atoms with Crippen LogP contribution in [0.25, 0.3) is 0 Å². The number of carbonyl (C=O) groups is 1. The summed E-state index contributed by atoms with van der Waals surface area (Å²) in [7, 11) is 0. The van der Waals surface area contributed by atoms with E-state index in [0.717, 1.165) is 12.8 Å². The van der Waals surface area contributed by atoms with Crippen LogP contribution < -0.4 is 0 Å². The number of rotatable bonds is 14. The normalized spacial score (nSPS) is 20.9. The van der Waals surface area contributed by atoms with Crippen LogP contribution in [0.3, 0.4) is 0 Å². The summed E-state index contributed by atoms with van der Waals surface area (Å²) in [5.41, 5.74) is 0. The molecule has 0 aliphatic heterocycles. The zero-order valence-corrected chi connectivity index (χ0v) is 11.7. The molecule has 0 aliphatic rings. The summed E-state index contributed by atoms with van der Waals surface area (Å²) in [5, 5.41) is 8.58. The van der Waals surface area contributed by atoms with Gasteiger partial charge < -0.3 is 5.11 Å². The van der Waals surface area contributed by atoms with Crippen molar-refractivity contribution >= 4 is 5.97 Å². The van der Waals surface area contributed by atoms with Crippen LogP contribution in [-0.4, -0.2) is 11.1 Å². The molecule has 2 unspecified atom stereocenters. The van der Waals surface area contributed by atoms with Gasteiger partial charge in [-0.15, -0.1) is 0 Å². The second kappa shape index (κ2) is 14.5. The van der Waals surface area contributed by atoms with Gasteiger partial charge in [0.25, 0.3) is 0 Å². The van der Waals surface area contributed by atoms with E-state index in [4.69, 9.17) is 10.6 Å². The van der Waals surface area contributed by atoms with E-state index in [0.29, 0.717) is 6.42 Å². The number of carboxylic acid groups (broad SMARTS) is 1. The van der Waals surface area contributed by atoms with E-state index in [1.807, 2.05) is 0 Å². The second-order valence-corrected chi connectivity index (χ2v) is 4.70. The zero-order valence-electron chi connectivity index (χ0n) is 15.7. The summed E-state index contributed by atoms with van der Waals surface area (Å²) in [6, 6.07) is 0. The molecule has 0 aromatic rings. The van der Waals surface area contributed by atoms with Crippen molar-refractivity contribution in [1.82, 2.24) is 0 Å². The van der Waals surface area contributed by atoms with Gasteiger partial charge in [0.15, 0.2) is 0 Å². The second-order valence-electron chi connectivity index (χ2n) is 4.70. The summed E-state index contributed by atoms with van der Waals surface area (Å²) in [6.07, 6.45) is 5.24. The van der Waals surface area contributed by atoms with Crippen molar-refractivity contribution < 1.29 is 15.4 Å². The summed E-state index contributed by atoms with van der Waals surface area (Å²) in [5.74, 6) is -0.975. The van der Waals surface area contributed by atoms with Gasteiger partial charge in [-0.25, -0.2) is 0 Å². The van der Waals surface area contributed by atoms with Crippen molar-refractivity contribution in [3.05, 3.63) is 0 Å². The quantitative estimate of drug-likeness (QED) is 0.416. The van der Waals surface area contributed by atoms with Crippen LogP contribution in [0.4, 0.5) is 0 Å². The third-order valence-electron chi connectivity index (χ3n) is 2.88. The first-order valence-corrected chi connectivity index (χ1v) is 7.30. The van der Waals surface area contributed by atoms with E-state index < -0.39 is 31.6 Å². The molecule has 108 valence electrons. The van der Waals surface area contributed by atoms with Gasteiger partial charge in [0, 0.05) is 11.9 Å². The monoisotopic (exact) mass is 260 g/mol. The Kier molecular flexibility index (Phi) is 9.13. The van der Waals surface area contributed by atoms with Gasteiger partial charge in [-0.1, -0.05) is 83.9 Å². The lowest BCUT2D eigenvalue weighted by Crippen LogP contribution is -1.93. The summed E-state index contributed by atoms with van der Waals surface area (Å²) >= 11 is 0. The highest BCUT2D eigenvalue weighted by Crippen LogP contribution is 2.12. The molecule has 0 aliphatic carbocycles. The maximum Gasteiger partial charge on any atom is 0.303 e. The average molecular weight is 260 g/mol. The van der Waals surface area contributed by atoms with Crippen LogP contribution in [-0.2, 0) is 4.79 Å². The van der Waals surface area contributed by atoms with Crippen molar-refractivity contribution in [1.29, 1.82) is 0 Å². The van der Waals surface area contributed by atoms with Crippen LogP contribution in [0, 0.1) is 0 Å². The first-order chi connectivity index (χ1) is 10.4. The molecule has 0 amide bonds. The molecule has 0 heterocycles. The average Bonchev–Trinajstić information content (AvgIpc) is 2.49. The van der Waals surface area contributed by atoms with Gasteiger partial charge >= 0.3 is 5.97 Å². The standard InChI is InChI=1S/C16H32O2/c1-2-3-4-5-6-7-8-9-10-11-12-13-14-15-16(17)18/h2-15H2,1H3,(H,17,18)/i10D,11D,12D,13D/t10-,11-,12?,13?/m1/s1. The van der Waals surface area contributed by atoms with Crippen molar-refractivity contribution in [2.45, 2.75) is 96.7 Å². The minimum absolute atomic E-state index is 0.0863. The number of aliphatic carboxylic acids is 1. The van der Waals surface area contributed by atoms with E-state index in [1.165, 1.54) is 32.1 Å². The molecule has 0 saturated heterocycles. The summed E-state index contributed by atoms with van der Waals surface area (Å²) in [4.78, 5) is 10.5. The highest BCUT2D eigenvalue weighted by molar-refractivity contribution is 5.66. The molecule has 0 aromatic heterocycles. The number of unbranched alkanes of at least 4 members (excludes halogenated alkanes) is 6. The van der Waals surface area contributed by atoms with Gasteiger partial charge in [-0.3, -0.25) is 4.79 Å². The predicted octanol–water partition coefficient (Wildman–Crippen LogP) is 5.55. The fourth-order valence-electron chi connectivity index (χ4n) is 1.78. The van der Waals surface area contributed by atoms with Crippen LogP contribution >= 0.6 is 0 Å². The molecule has 18 heavy (non-hydrogen) atoms. The Morgan fingerprint density at radius 2 is 1.33 bits per heavy atom. The Hall–Kier alpha value is -0.530. The predicted molar refractivity (Wildman–Crippen MR) is 77.9 cm³/mol. The molecule has 1 N–H and O–H groups in total. The van der Waals surface area contributed by atoms with E-state index in [9.17, 15) is 4.79 Å². The van der Waals surface area contributed by atoms with Crippen molar-refractivity contribution in [2.75, 3.05) is 0 Å². The van der Waals surface area contributed by atoms with Crippen LogP contribution in [0.5, 0.6) is 0 Å². The minimum Gasteiger partial charge on any atom is -0.481 e. The molecule has 2 nitrogen and oxygen atoms in total. The molecular formula is C16H32O2. The third kappa shape index (κ3) is 15.5. The molecule has 0 radical (unpaired) electrons. The Balaban J connectivity index is 3.84. The fraction of sp³-hybridized carbons (Fsp3) is 0.938. The molecule has 0 aromatic carbocycles. The Morgan fingerprint density at radius 3 is 1.89 bits per heavy atom. The lowest BCUT2D eigenvalue weighted by Gasteiger charge is -2.02. The van der Waals surface area contributed by atoms with Crippen molar-refractivity contribution in [2.24, 2.45) is 0 Å². The molecule has 0 fully saturated rings. The lowest BCUT2D eigenvalue weighted by molar-refractivity contribution is -0.137. The van der Waals surface area contributed by atoms with Crippen LogP contribution in [0.2, 0.25) is 0 Å². The molecule has 0 rings (SSSR count). The highest BCUT2D eigenvalue weighted by atomic mass is 16.4. The molecule has 2 heteroatoms. The Bertz CT molecular complexity index is 289. The highest BCUT2D eigenvalue weighted by Gasteiger charge is 1.96. The maximum atomic E-state index is 10.5. The fourth-order valence-corrected chi connectivity index (χ4v) is 1.78. The molecule has 0 bridgehead atoms. The number of hydrogen-bond acceptors (Lipinski definition) is 1. The van der Waals surface area contributed by atoms with Gasteiger partial charge in [0.1, 0.15) is 0 Å². The van der Waals surface area contributed by atoms with E-state index in [1.54, 1.807) is 0 Å². The van der Waals surface area contributed by atoms with Gasteiger partial charge in [0.2, 0.25) is 0 Å². The lowest BCUT2D eigenvalue weighted by atomic mass is 10.0.